The molecule has 0 fully saturated rings. The first kappa shape index (κ1) is 16.0. The van der Waals surface area contributed by atoms with Crippen molar-refractivity contribution >= 4 is 28.3 Å². The van der Waals surface area contributed by atoms with Crippen molar-refractivity contribution in [2.75, 3.05) is 11.9 Å². The molecular formula is C15H17N3O3S. The first-order valence-corrected chi connectivity index (χ1v) is 7.57. The maximum absolute atomic E-state index is 12.2. The van der Waals surface area contributed by atoms with Gasteiger partial charge in [0.05, 0.1) is 12.8 Å². The van der Waals surface area contributed by atoms with Gasteiger partial charge in [-0.1, -0.05) is 31.3 Å². The van der Waals surface area contributed by atoms with Gasteiger partial charge in [0, 0.05) is 5.56 Å². The normalized spacial score (nSPS) is 10.5. The van der Waals surface area contributed by atoms with E-state index in [-0.39, 0.29) is 5.91 Å². The van der Waals surface area contributed by atoms with Crippen molar-refractivity contribution in [1.29, 1.82) is 0 Å². The zero-order chi connectivity index (χ0) is 16.1. The van der Waals surface area contributed by atoms with Gasteiger partial charge in [-0.15, -0.1) is 0 Å². The fourth-order valence-corrected chi connectivity index (χ4v) is 2.27. The number of amides is 2. The number of nitrogens with two attached hydrogens (primary N) is 1. The van der Waals surface area contributed by atoms with Gasteiger partial charge in [0.25, 0.3) is 11.8 Å². The molecule has 0 aliphatic heterocycles. The van der Waals surface area contributed by atoms with Crippen LogP contribution in [0.2, 0.25) is 0 Å². The highest BCUT2D eigenvalue weighted by Gasteiger charge is 2.12. The summed E-state index contributed by atoms with van der Waals surface area (Å²) in [4.78, 5) is 27.4. The van der Waals surface area contributed by atoms with E-state index in [0.717, 1.165) is 11.3 Å². The van der Waals surface area contributed by atoms with Gasteiger partial charge in [-0.2, -0.15) is 0 Å². The maximum Gasteiger partial charge on any atom is 0.260 e. The average Bonchev–Trinajstić information content (AvgIpc) is 2.94. The molecule has 2 aromatic rings. The van der Waals surface area contributed by atoms with Crippen LogP contribution in [0.15, 0.2) is 30.5 Å². The van der Waals surface area contributed by atoms with Crippen molar-refractivity contribution in [3.63, 3.8) is 0 Å². The molecule has 1 heterocycles. The number of thiazole rings is 1. The molecule has 0 spiro atoms. The number of ether oxygens (including phenoxy) is 1. The van der Waals surface area contributed by atoms with Gasteiger partial charge in [0.1, 0.15) is 10.6 Å². The third-order valence-electron chi connectivity index (χ3n) is 2.65. The number of benzene rings is 1. The minimum absolute atomic E-state index is 0.296. The van der Waals surface area contributed by atoms with E-state index in [0.29, 0.717) is 33.8 Å². The van der Waals surface area contributed by atoms with E-state index in [9.17, 15) is 9.59 Å². The monoisotopic (exact) mass is 319 g/mol. The molecule has 0 aliphatic carbocycles. The molecule has 2 amide bonds. The van der Waals surface area contributed by atoms with Crippen LogP contribution >= 0.6 is 11.3 Å². The fraction of sp³-hybridized carbons (Fsp3) is 0.267. The van der Waals surface area contributed by atoms with Gasteiger partial charge in [-0.05, 0) is 24.1 Å². The fourth-order valence-electron chi connectivity index (χ4n) is 1.61. The third kappa shape index (κ3) is 4.29. The summed E-state index contributed by atoms with van der Waals surface area (Å²) in [6.45, 7) is 4.68. The maximum atomic E-state index is 12.2. The molecule has 3 N–H and O–H groups in total. The minimum Gasteiger partial charge on any atom is -0.493 e. The van der Waals surface area contributed by atoms with Crippen LogP contribution in [0.5, 0.6) is 5.75 Å². The van der Waals surface area contributed by atoms with Crippen LogP contribution in [0.3, 0.4) is 0 Å². The Bertz CT molecular complexity index is 682. The zero-order valence-electron chi connectivity index (χ0n) is 12.3. The quantitative estimate of drug-likeness (QED) is 0.855. The number of hydrogen-bond donors (Lipinski definition) is 2. The molecule has 0 aliphatic rings. The van der Waals surface area contributed by atoms with Crippen LogP contribution in [-0.4, -0.2) is 23.4 Å². The summed E-state index contributed by atoms with van der Waals surface area (Å²) < 4.78 is 5.59. The largest absolute Gasteiger partial charge is 0.493 e. The van der Waals surface area contributed by atoms with Crippen molar-refractivity contribution in [2.24, 2.45) is 11.7 Å². The summed E-state index contributed by atoms with van der Waals surface area (Å²) >= 11 is 1.03. The molecule has 0 radical (unpaired) electrons. The third-order valence-corrected chi connectivity index (χ3v) is 3.58. The Balaban J connectivity index is 2.05. The molecule has 0 saturated carbocycles. The highest BCUT2D eigenvalue weighted by atomic mass is 32.1. The Morgan fingerprint density at radius 2 is 2.18 bits per heavy atom. The number of hydrogen-bond acceptors (Lipinski definition) is 5. The van der Waals surface area contributed by atoms with Gasteiger partial charge in [0.15, 0.2) is 5.13 Å². The average molecular weight is 319 g/mol. The summed E-state index contributed by atoms with van der Waals surface area (Å²) in [5.41, 5.74) is 5.60. The lowest BCUT2D eigenvalue weighted by Gasteiger charge is -2.09. The number of nitrogens with one attached hydrogen (secondary N) is 1. The topological polar surface area (TPSA) is 94.3 Å². The summed E-state index contributed by atoms with van der Waals surface area (Å²) in [6.07, 6.45) is 1.34. The second kappa shape index (κ2) is 7.04. The molecule has 7 heteroatoms. The molecule has 0 unspecified atom stereocenters. The molecule has 1 aromatic carbocycles. The van der Waals surface area contributed by atoms with Gasteiger partial charge in [0.2, 0.25) is 0 Å². The Hall–Kier alpha value is -2.41. The molecule has 0 atom stereocenters. The van der Waals surface area contributed by atoms with Crippen LogP contribution < -0.4 is 15.8 Å². The lowest BCUT2D eigenvalue weighted by molar-refractivity contribution is 0.100. The number of anilines is 1. The van der Waals surface area contributed by atoms with Crippen LogP contribution in [0.4, 0.5) is 5.13 Å². The van der Waals surface area contributed by atoms with E-state index >= 15 is 0 Å². The van der Waals surface area contributed by atoms with Crippen LogP contribution in [0.25, 0.3) is 0 Å². The van der Waals surface area contributed by atoms with Crippen molar-refractivity contribution in [3.05, 3.63) is 40.9 Å². The molecule has 6 nitrogen and oxygen atoms in total. The number of nitrogens with zero attached hydrogens (tertiary/aromatic N) is 1. The van der Waals surface area contributed by atoms with Gasteiger partial charge in [-0.3, -0.25) is 14.9 Å². The predicted molar refractivity (Wildman–Crippen MR) is 85.4 cm³/mol. The van der Waals surface area contributed by atoms with Crippen LogP contribution in [-0.2, 0) is 0 Å². The van der Waals surface area contributed by atoms with E-state index in [2.05, 4.69) is 24.1 Å². The standard InChI is InChI=1S/C15H17N3O3S/c1-9(2)8-21-11-5-3-4-10(6-11)14(20)18-15-17-7-12(22-15)13(16)19/h3-7,9H,8H2,1-2H3,(H2,16,19)(H,17,18,20). The van der Waals surface area contributed by atoms with Crippen molar-refractivity contribution in [1.82, 2.24) is 4.98 Å². The minimum atomic E-state index is -0.568. The van der Waals surface area contributed by atoms with Crippen LogP contribution in [0.1, 0.15) is 33.9 Å². The first-order valence-electron chi connectivity index (χ1n) is 6.75. The SMILES string of the molecule is CC(C)COc1cccc(C(=O)Nc2ncc(C(N)=O)s2)c1. The van der Waals surface area contributed by atoms with Gasteiger partial charge >= 0.3 is 0 Å². The van der Waals surface area contributed by atoms with E-state index in [1.807, 2.05) is 0 Å². The van der Waals surface area contributed by atoms with Crippen LogP contribution in [0, 0.1) is 5.92 Å². The van der Waals surface area contributed by atoms with Gasteiger partial charge in [-0.25, -0.2) is 4.98 Å². The molecule has 2 rings (SSSR count). The van der Waals surface area contributed by atoms with Crippen molar-refractivity contribution in [2.45, 2.75) is 13.8 Å². The predicted octanol–water partition coefficient (Wildman–Crippen LogP) is 2.53. The number of primary amides is 1. The number of carbonyl (C=O) groups is 2. The Morgan fingerprint density at radius 3 is 2.82 bits per heavy atom. The second-order valence-electron chi connectivity index (χ2n) is 5.08. The smallest absolute Gasteiger partial charge is 0.260 e. The number of carbonyl (C=O) groups excluding carboxylic acids is 2. The highest BCUT2D eigenvalue weighted by Crippen LogP contribution is 2.20. The molecule has 1 aromatic heterocycles. The number of rotatable bonds is 6. The van der Waals surface area contributed by atoms with E-state index in [1.165, 1.54) is 6.20 Å². The number of aromatic nitrogens is 1. The molecule has 0 bridgehead atoms. The van der Waals surface area contributed by atoms with Crippen molar-refractivity contribution in [3.8, 4) is 5.75 Å². The Morgan fingerprint density at radius 1 is 1.41 bits per heavy atom. The van der Waals surface area contributed by atoms with Crippen molar-refractivity contribution < 1.29 is 14.3 Å². The Kier molecular flexibility index (Phi) is 5.11. The lowest BCUT2D eigenvalue weighted by atomic mass is 10.2. The zero-order valence-corrected chi connectivity index (χ0v) is 13.1. The summed E-state index contributed by atoms with van der Waals surface area (Å²) in [5.74, 6) is 0.154. The molecule has 116 valence electrons. The Labute approximate surface area is 132 Å². The molecular weight excluding hydrogens is 302 g/mol. The summed E-state index contributed by atoms with van der Waals surface area (Å²) in [7, 11) is 0. The molecule has 22 heavy (non-hydrogen) atoms. The van der Waals surface area contributed by atoms with Gasteiger partial charge < -0.3 is 10.5 Å². The molecule has 0 saturated heterocycles. The van der Waals surface area contributed by atoms with E-state index in [1.54, 1.807) is 24.3 Å². The summed E-state index contributed by atoms with van der Waals surface area (Å²) in [6, 6.07) is 6.90. The highest BCUT2D eigenvalue weighted by molar-refractivity contribution is 7.17. The first-order chi connectivity index (χ1) is 10.5. The second-order valence-corrected chi connectivity index (χ2v) is 6.11. The van der Waals surface area contributed by atoms with E-state index in [4.69, 9.17) is 10.5 Å². The lowest BCUT2D eigenvalue weighted by Crippen LogP contribution is -2.12. The van der Waals surface area contributed by atoms with E-state index < -0.39 is 5.91 Å². The summed E-state index contributed by atoms with van der Waals surface area (Å²) in [5, 5.41) is 2.96.